The fourth-order valence-corrected chi connectivity index (χ4v) is 5.87. The van der Waals surface area contributed by atoms with E-state index in [9.17, 15) is 28.4 Å². The summed E-state index contributed by atoms with van der Waals surface area (Å²) in [6, 6.07) is 3.98. The highest BCUT2D eigenvalue weighted by Crippen LogP contribution is 2.34. The van der Waals surface area contributed by atoms with Gasteiger partial charge in [-0.15, -0.1) is 0 Å². The lowest BCUT2D eigenvalue weighted by Crippen LogP contribution is -2.40. The van der Waals surface area contributed by atoms with Crippen molar-refractivity contribution >= 4 is 46.5 Å². The van der Waals surface area contributed by atoms with Crippen molar-refractivity contribution in [3.05, 3.63) is 29.6 Å². The number of nitrogens with zero attached hydrogens (tertiary/aromatic N) is 2. The molecule has 3 fully saturated rings. The lowest BCUT2D eigenvalue weighted by Gasteiger charge is -2.23. The summed E-state index contributed by atoms with van der Waals surface area (Å²) in [6.07, 6.45) is -1.18. The van der Waals surface area contributed by atoms with Gasteiger partial charge in [0.15, 0.2) is 6.23 Å². The standard InChI is InChI=1S/C23H29FN2O9S/c1-25(22(30)34-12-33-20(28)13-4-7-32-8-5-13)18-11-26(23(31)35-18)14-2-3-15(17(24)10-14)16-6-9-36-21(29)19(16)27/h2-3,10,13,16,18H,4-9,11-12H2,1H3,36H4/t16?,18-/m0/s1. The van der Waals surface area contributed by atoms with E-state index in [1.54, 1.807) is 0 Å². The molecule has 3 aliphatic heterocycles. The van der Waals surface area contributed by atoms with Crippen LogP contribution in [0.5, 0.6) is 0 Å². The number of carbonyl (C=O) groups excluding carboxylic acids is 5. The minimum absolute atomic E-state index is 0.0997. The second-order valence-corrected chi connectivity index (χ2v) is 10.7. The summed E-state index contributed by atoms with van der Waals surface area (Å²) in [5.41, 5.74) is 0.311. The molecule has 2 atom stereocenters. The van der Waals surface area contributed by atoms with Gasteiger partial charge in [-0.05, 0) is 42.7 Å². The molecule has 11 nitrogen and oxygen atoms in total. The lowest BCUT2D eigenvalue weighted by atomic mass is 9.91. The largest absolute Gasteiger partial charge is 0.428 e. The zero-order chi connectivity index (χ0) is 25.8. The molecular weight excluding hydrogens is 499 g/mol. The van der Waals surface area contributed by atoms with Crippen LogP contribution in [-0.2, 0) is 33.3 Å². The number of likely N-dealkylation sites (N-methyl/N-ethyl adjacent to an activating group) is 1. The summed E-state index contributed by atoms with van der Waals surface area (Å²) in [5.74, 6) is -2.17. The summed E-state index contributed by atoms with van der Waals surface area (Å²) in [5, 5.41) is -0.367. The molecule has 0 saturated carbocycles. The fourth-order valence-electron chi connectivity index (χ4n) is 4.45. The number of carbonyl (C=O) groups is 5. The monoisotopic (exact) mass is 528 g/mol. The Kier molecular flexibility index (Phi) is 8.09. The van der Waals surface area contributed by atoms with Crippen LogP contribution >= 0.6 is 11.8 Å². The normalized spacial score (nSPS) is 23.1. The molecule has 4 rings (SSSR count). The Bertz CT molecular complexity index is 1060. The Balaban J connectivity index is 1.32. The average molecular weight is 529 g/mol. The molecule has 2 amide bonds. The number of ketones is 1. The van der Waals surface area contributed by atoms with E-state index in [-0.39, 0.29) is 28.8 Å². The average Bonchev–Trinajstić information content (AvgIpc) is 3.27. The number of halogens is 1. The number of Topliss-reactive ketones (excluding diaryl/α,β-unsaturated/α-hetero) is 1. The van der Waals surface area contributed by atoms with E-state index >= 15 is 0 Å². The number of esters is 1. The van der Waals surface area contributed by atoms with Crippen molar-refractivity contribution in [1.29, 1.82) is 0 Å². The van der Waals surface area contributed by atoms with E-state index in [4.69, 9.17) is 18.9 Å². The van der Waals surface area contributed by atoms with Gasteiger partial charge in [0, 0.05) is 20.3 Å². The molecule has 0 aromatic heterocycles. The highest BCUT2D eigenvalue weighted by atomic mass is 32.2. The highest BCUT2D eigenvalue weighted by Gasteiger charge is 2.38. The first-order chi connectivity index (χ1) is 17.3. The van der Waals surface area contributed by atoms with E-state index in [1.807, 2.05) is 0 Å². The third kappa shape index (κ3) is 5.62. The van der Waals surface area contributed by atoms with Crippen molar-refractivity contribution < 1.29 is 47.3 Å². The predicted octanol–water partition coefficient (Wildman–Crippen LogP) is 1.35. The molecular formula is C23H29FN2O9S. The van der Waals surface area contributed by atoms with Gasteiger partial charge in [0.1, 0.15) is 5.82 Å². The van der Waals surface area contributed by atoms with Gasteiger partial charge in [0.05, 0.1) is 24.1 Å². The van der Waals surface area contributed by atoms with Gasteiger partial charge in [-0.1, -0.05) is 6.07 Å². The molecule has 13 heteroatoms. The van der Waals surface area contributed by atoms with E-state index in [0.29, 0.717) is 38.2 Å². The van der Waals surface area contributed by atoms with Gasteiger partial charge >= 0.3 is 18.2 Å². The molecule has 0 bridgehead atoms. The van der Waals surface area contributed by atoms with Gasteiger partial charge in [0.25, 0.3) is 0 Å². The maximum atomic E-state index is 14.9. The van der Waals surface area contributed by atoms with E-state index in [1.165, 1.54) is 19.2 Å². The van der Waals surface area contributed by atoms with Crippen LogP contribution in [0, 0.1) is 11.7 Å². The molecule has 1 unspecified atom stereocenters. The summed E-state index contributed by atoms with van der Waals surface area (Å²) in [6.45, 7) is 0.259. The smallest absolute Gasteiger partial charge is 0.416 e. The maximum absolute atomic E-state index is 14.9. The molecule has 36 heavy (non-hydrogen) atoms. The Morgan fingerprint density at radius 2 is 1.92 bits per heavy atom. The van der Waals surface area contributed by atoms with E-state index in [0.717, 1.165) is 15.9 Å². The minimum atomic E-state index is -1.08. The minimum Gasteiger partial charge on any atom is -0.428 e. The van der Waals surface area contributed by atoms with Crippen molar-refractivity contribution in [3.8, 4) is 0 Å². The SMILES string of the molecule is CN(C(=O)OCOC(=O)C1CCOCC1)[C@@H]1CN(c2ccc(C3CC[SH4]C(=O)C3=O)c(F)c2)C(=O)O1. The number of hydrogen-bond acceptors (Lipinski definition) is 9. The second-order valence-electron chi connectivity index (χ2n) is 8.88. The highest BCUT2D eigenvalue weighted by molar-refractivity contribution is 8.15. The lowest BCUT2D eigenvalue weighted by molar-refractivity contribution is -0.160. The Morgan fingerprint density at radius 1 is 1.17 bits per heavy atom. The zero-order valence-corrected chi connectivity index (χ0v) is 21.2. The number of ether oxygens (including phenoxy) is 4. The number of benzene rings is 1. The summed E-state index contributed by atoms with van der Waals surface area (Å²) in [7, 11) is 1.35. The van der Waals surface area contributed by atoms with E-state index in [2.05, 4.69) is 0 Å². The van der Waals surface area contributed by atoms with Gasteiger partial charge < -0.3 is 18.9 Å². The van der Waals surface area contributed by atoms with Crippen molar-refractivity contribution in [2.45, 2.75) is 31.4 Å². The molecule has 0 N–H and O–H groups in total. The first kappa shape index (κ1) is 25.9. The molecule has 198 valence electrons. The Labute approximate surface area is 210 Å². The quantitative estimate of drug-likeness (QED) is 0.305. The van der Waals surface area contributed by atoms with Gasteiger partial charge in [-0.2, -0.15) is 0 Å². The zero-order valence-electron chi connectivity index (χ0n) is 19.8. The van der Waals surface area contributed by atoms with Gasteiger partial charge in [0.2, 0.25) is 17.7 Å². The van der Waals surface area contributed by atoms with Crippen LogP contribution in [-0.4, -0.2) is 79.5 Å². The van der Waals surface area contributed by atoms with Crippen LogP contribution in [0.2, 0.25) is 0 Å². The summed E-state index contributed by atoms with van der Waals surface area (Å²) < 4.78 is 35.2. The summed E-state index contributed by atoms with van der Waals surface area (Å²) in [4.78, 5) is 62.9. The van der Waals surface area contributed by atoms with Crippen LogP contribution < -0.4 is 4.90 Å². The van der Waals surface area contributed by atoms with Crippen molar-refractivity contribution in [1.82, 2.24) is 4.90 Å². The van der Waals surface area contributed by atoms with E-state index < -0.39 is 60.5 Å². The Morgan fingerprint density at radius 3 is 2.64 bits per heavy atom. The molecule has 0 radical (unpaired) electrons. The van der Waals surface area contributed by atoms with Crippen LogP contribution in [0.3, 0.4) is 0 Å². The van der Waals surface area contributed by atoms with Gasteiger partial charge in [-0.3, -0.25) is 35.9 Å². The molecule has 1 aromatic rings. The Hall–Kier alpha value is -3.19. The molecule has 3 aliphatic rings. The third-order valence-corrected chi connectivity index (χ3v) is 8.18. The fraction of sp³-hybridized carbons (Fsp3) is 0.522. The van der Waals surface area contributed by atoms with Crippen molar-refractivity contribution in [2.75, 3.05) is 44.3 Å². The third-order valence-electron chi connectivity index (χ3n) is 6.61. The van der Waals surface area contributed by atoms with Crippen LogP contribution in [0.4, 0.5) is 19.7 Å². The first-order valence-corrected chi connectivity index (χ1v) is 13.5. The summed E-state index contributed by atoms with van der Waals surface area (Å²) >= 11 is -1.08. The molecule has 3 saturated heterocycles. The number of hydrogen-bond donors (Lipinski definition) is 0. The molecule has 1 aromatic carbocycles. The first-order valence-electron chi connectivity index (χ1n) is 11.7. The topological polar surface area (TPSA) is 129 Å². The molecule has 0 spiro atoms. The van der Waals surface area contributed by atoms with Crippen LogP contribution in [0.1, 0.15) is 30.7 Å². The number of cyclic esters (lactones) is 1. The molecule has 0 aliphatic carbocycles. The van der Waals surface area contributed by atoms with Crippen molar-refractivity contribution in [2.24, 2.45) is 5.92 Å². The van der Waals surface area contributed by atoms with Crippen LogP contribution in [0.15, 0.2) is 18.2 Å². The van der Waals surface area contributed by atoms with Gasteiger partial charge in [-0.25, -0.2) is 14.0 Å². The van der Waals surface area contributed by atoms with Crippen molar-refractivity contribution in [3.63, 3.8) is 0 Å². The predicted molar refractivity (Wildman–Crippen MR) is 128 cm³/mol. The number of anilines is 1. The molecule has 3 heterocycles. The number of amides is 2. The number of rotatable bonds is 6. The van der Waals surface area contributed by atoms with Crippen LogP contribution in [0.25, 0.3) is 0 Å². The maximum Gasteiger partial charge on any atom is 0.416 e. The second kappa shape index (κ2) is 11.2.